The van der Waals surface area contributed by atoms with E-state index in [-0.39, 0.29) is 29.4 Å². The lowest BCUT2D eigenvalue weighted by Gasteiger charge is -2.35. The molecule has 2 aliphatic heterocycles. The number of hydrogen-bond donors (Lipinski definition) is 2. The number of fused-ring (bicyclic) bond motifs is 2. The number of halogens is 1. The van der Waals surface area contributed by atoms with Gasteiger partial charge in [0, 0.05) is 15.7 Å². The Hall–Kier alpha value is -3.07. The van der Waals surface area contributed by atoms with E-state index in [4.69, 9.17) is 19.9 Å². The third kappa shape index (κ3) is 2.70. The lowest BCUT2D eigenvalue weighted by Crippen LogP contribution is -2.48. The number of methoxy groups -OCH3 is 1. The highest BCUT2D eigenvalue weighted by Crippen LogP contribution is 2.52. The van der Waals surface area contributed by atoms with E-state index in [9.17, 15) is 14.4 Å². The molecule has 1 atom stereocenters. The first-order valence-electron chi connectivity index (χ1n) is 8.16. The Balaban J connectivity index is 2.39. The van der Waals surface area contributed by atoms with Gasteiger partial charge in [0.2, 0.25) is 11.8 Å². The van der Waals surface area contributed by atoms with Gasteiger partial charge < -0.3 is 25.3 Å². The topological polar surface area (TPSA) is 117 Å². The average molecular weight is 449 g/mol. The smallest absolute Gasteiger partial charge is 0.341 e. The Bertz CT molecular complexity index is 981. The molecular formula is C19H17BrN2O6. The molecule has 1 aromatic carbocycles. The number of esters is 2. The Labute approximate surface area is 169 Å². The second kappa shape index (κ2) is 7.16. The minimum atomic E-state index is -1.88. The number of benzene rings is 1. The number of rotatable bonds is 4. The van der Waals surface area contributed by atoms with Gasteiger partial charge in [0.1, 0.15) is 28.9 Å². The summed E-state index contributed by atoms with van der Waals surface area (Å²) in [5.41, 5.74) is 4.46. The summed E-state index contributed by atoms with van der Waals surface area (Å²) in [7, 11) is 1.17. The van der Waals surface area contributed by atoms with E-state index in [2.05, 4.69) is 27.8 Å². The van der Waals surface area contributed by atoms with Crippen molar-refractivity contribution < 1.29 is 28.6 Å². The first-order chi connectivity index (χ1) is 13.3. The van der Waals surface area contributed by atoms with Gasteiger partial charge in [-0.2, -0.15) is 0 Å². The molecule has 0 saturated carbocycles. The summed E-state index contributed by atoms with van der Waals surface area (Å²) in [4.78, 5) is 38.9. The maximum absolute atomic E-state index is 13.3. The average Bonchev–Trinajstić information content (AvgIpc) is 2.91. The minimum Gasteiger partial charge on any atom is -0.466 e. The molecule has 8 nitrogen and oxygen atoms in total. The molecule has 3 rings (SSSR count). The van der Waals surface area contributed by atoms with Gasteiger partial charge in [0.05, 0.1) is 7.11 Å². The molecule has 2 heterocycles. The van der Waals surface area contributed by atoms with Crippen LogP contribution in [0, 0.1) is 0 Å². The minimum absolute atomic E-state index is 0.0487. The predicted molar refractivity (Wildman–Crippen MR) is 103 cm³/mol. The Morgan fingerprint density at radius 3 is 2.71 bits per heavy atom. The molecule has 1 unspecified atom stereocenters. The van der Waals surface area contributed by atoms with Crippen LogP contribution in [0.4, 0.5) is 5.69 Å². The normalized spacial score (nSPS) is 20.5. The van der Waals surface area contributed by atoms with Crippen molar-refractivity contribution in [2.24, 2.45) is 5.73 Å². The second-order valence-electron chi connectivity index (χ2n) is 6.05. The highest BCUT2D eigenvalue weighted by molar-refractivity contribution is 9.10. The molecule has 1 amide bonds. The van der Waals surface area contributed by atoms with E-state index in [1.165, 1.54) is 20.1 Å². The number of nitrogens with one attached hydrogen (secondary N) is 1. The van der Waals surface area contributed by atoms with Crippen LogP contribution in [0.2, 0.25) is 0 Å². The molecule has 0 bridgehead atoms. The first kappa shape index (κ1) is 19.7. The Morgan fingerprint density at radius 2 is 2.07 bits per heavy atom. The van der Waals surface area contributed by atoms with Crippen LogP contribution in [0.15, 0.2) is 58.1 Å². The number of allylic oxidation sites excluding steroid dienone is 1. The van der Waals surface area contributed by atoms with Gasteiger partial charge in [-0.1, -0.05) is 28.6 Å². The number of carbonyl (C=O) groups excluding carboxylic acids is 3. The van der Waals surface area contributed by atoms with Crippen LogP contribution < -0.4 is 11.1 Å². The van der Waals surface area contributed by atoms with Crippen LogP contribution >= 0.6 is 15.9 Å². The Kier molecular flexibility index (Phi) is 5.03. The predicted octanol–water partition coefficient (Wildman–Crippen LogP) is 2.02. The molecule has 0 aliphatic carbocycles. The monoisotopic (exact) mass is 448 g/mol. The van der Waals surface area contributed by atoms with Gasteiger partial charge in [-0.05, 0) is 25.1 Å². The molecule has 1 spiro atoms. The van der Waals surface area contributed by atoms with Crippen molar-refractivity contribution >= 4 is 39.5 Å². The van der Waals surface area contributed by atoms with Crippen LogP contribution in [0.25, 0.3) is 0 Å². The van der Waals surface area contributed by atoms with Crippen LogP contribution in [-0.2, 0) is 34.0 Å². The first-order valence-corrected chi connectivity index (χ1v) is 8.95. The maximum atomic E-state index is 13.3. The van der Waals surface area contributed by atoms with Crippen molar-refractivity contribution in [1.82, 2.24) is 0 Å². The Morgan fingerprint density at radius 1 is 1.36 bits per heavy atom. The van der Waals surface area contributed by atoms with Crippen LogP contribution in [0.5, 0.6) is 0 Å². The fraction of sp³-hybridized carbons (Fsp3) is 0.211. The SMILES string of the molecule is C=CCOC(=O)C1=C(N)OC(C)=C(C(=O)OC)C12C(=O)Nc1ccc(Br)cc12. The highest BCUT2D eigenvalue weighted by atomic mass is 79.9. The van der Waals surface area contributed by atoms with E-state index < -0.39 is 23.3 Å². The standard InChI is InChI=1S/C19H17BrN2O6/c1-4-7-27-17(24)14-15(21)28-9(2)13(16(23)26-3)19(14)11-8-10(20)5-6-12(11)22-18(19)25/h4-6,8H,1,7,21H2,2-3H3,(H,22,25). The van der Waals surface area contributed by atoms with Crippen LogP contribution in [0.1, 0.15) is 12.5 Å². The van der Waals surface area contributed by atoms with E-state index >= 15 is 0 Å². The third-order valence-electron chi connectivity index (χ3n) is 4.51. The van der Waals surface area contributed by atoms with Crippen molar-refractivity contribution in [3.8, 4) is 0 Å². The summed E-state index contributed by atoms with van der Waals surface area (Å²) < 4.78 is 16.1. The molecule has 28 heavy (non-hydrogen) atoms. The number of nitrogens with two attached hydrogens (primary N) is 1. The van der Waals surface area contributed by atoms with Gasteiger partial charge in [0.25, 0.3) is 0 Å². The quantitative estimate of drug-likeness (QED) is 0.534. The zero-order valence-electron chi connectivity index (χ0n) is 15.1. The number of anilines is 1. The fourth-order valence-corrected chi connectivity index (χ4v) is 3.83. The molecule has 1 aromatic rings. The van der Waals surface area contributed by atoms with Crippen molar-refractivity contribution in [2.75, 3.05) is 19.0 Å². The van der Waals surface area contributed by atoms with Gasteiger partial charge in [0.15, 0.2) is 0 Å². The molecule has 0 radical (unpaired) electrons. The van der Waals surface area contributed by atoms with Crippen molar-refractivity contribution in [3.05, 3.63) is 63.7 Å². The number of ether oxygens (including phenoxy) is 3. The molecule has 0 aromatic heterocycles. The van der Waals surface area contributed by atoms with Gasteiger partial charge in [-0.25, -0.2) is 9.59 Å². The summed E-state index contributed by atoms with van der Waals surface area (Å²) in [6, 6.07) is 4.99. The van der Waals surface area contributed by atoms with E-state index in [1.54, 1.807) is 18.2 Å². The summed E-state index contributed by atoms with van der Waals surface area (Å²) in [6.45, 7) is 4.84. The number of amides is 1. The summed E-state index contributed by atoms with van der Waals surface area (Å²) in [5.74, 6) is -2.66. The lowest BCUT2D eigenvalue weighted by molar-refractivity contribution is -0.141. The zero-order valence-corrected chi connectivity index (χ0v) is 16.7. The largest absolute Gasteiger partial charge is 0.466 e. The fourth-order valence-electron chi connectivity index (χ4n) is 3.47. The van der Waals surface area contributed by atoms with E-state index in [0.29, 0.717) is 15.7 Å². The molecule has 2 aliphatic rings. The number of hydrogen-bond acceptors (Lipinski definition) is 7. The van der Waals surface area contributed by atoms with E-state index in [0.717, 1.165) is 0 Å². The lowest BCUT2D eigenvalue weighted by atomic mass is 9.67. The van der Waals surface area contributed by atoms with Crippen molar-refractivity contribution in [2.45, 2.75) is 12.3 Å². The van der Waals surface area contributed by atoms with Gasteiger partial charge in [-0.3, -0.25) is 4.79 Å². The molecule has 0 fully saturated rings. The molecular weight excluding hydrogens is 432 g/mol. The second-order valence-corrected chi connectivity index (χ2v) is 6.96. The zero-order chi connectivity index (χ0) is 20.6. The number of carbonyl (C=O) groups is 3. The molecule has 0 saturated heterocycles. The van der Waals surface area contributed by atoms with Crippen molar-refractivity contribution in [1.29, 1.82) is 0 Å². The summed E-state index contributed by atoms with van der Waals surface area (Å²) >= 11 is 3.36. The van der Waals surface area contributed by atoms with E-state index in [1.807, 2.05) is 0 Å². The summed E-state index contributed by atoms with van der Waals surface area (Å²) in [6.07, 6.45) is 1.37. The molecule has 9 heteroatoms. The highest BCUT2D eigenvalue weighted by Gasteiger charge is 2.61. The molecule has 146 valence electrons. The van der Waals surface area contributed by atoms with Crippen LogP contribution in [0.3, 0.4) is 0 Å². The third-order valence-corrected chi connectivity index (χ3v) is 5.01. The van der Waals surface area contributed by atoms with Gasteiger partial charge in [-0.15, -0.1) is 0 Å². The van der Waals surface area contributed by atoms with Crippen LogP contribution in [-0.4, -0.2) is 31.6 Å². The van der Waals surface area contributed by atoms with Crippen molar-refractivity contribution in [3.63, 3.8) is 0 Å². The maximum Gasteiger partial charge on any atom is 0.341 e. The molecule has 3 N–H and O–H groups in total. The van der Waals surface area contributed by atoms with Gasteiger partial charge >= 0.3 is 11.9 Å². The summed E-state index contributed by atoms with van der Waals surface area (Å²) in [5, 5.41) is 2.70.